The maximum Gasteiger partial charge on any atom is 0.307 e. The van der Waals surface area contributed by atoms with E-state index in [1.807, 2.05) is 0 Å². The Kier molecular flexibility index (Phi) is 5.41. The summed E-state index contributed by atoms with van der Waals surface area (Å²) in [7, 11) is 0. The van der Waals surface area contributed by atoms with E-state index in [1.165, 1.54) is 6.26 Å². The lowest BCUT2D eigenvalue weighted by molar-refractivity contribution is -0.136. The Bertz CT molecular complexity index is 962. The Hall–Kier alpha value is -2.21. The van der Waals surface area contributed by atoms with Crippen molar-refractivity contribution in [2.24, 2.45) is 0 Å². The highest BCUT2D eigenvalue weighted by molar-refractivity contribution is 6.35. The number of aliphatic hydroxyl groups is 1. The summed E-state index contributed by atoms with van der Waals surface area (Å²) in [5.74, 6) is -0.515. The number of halogens is 2. The van der Waals surface area contributed by atoms with Gasteiger partial charge in [0.05, 0.1) is 24.4 Å². The standard InChI is InChI=1S/C19H16Cl2O5/c1-10(22)18-16(25-8-11-2-3-13(20)7-15(11)21)5-4-14-12(6-17(23)24)9-26-19(14)18/h2-5,7,9-10,22H,6,8H2,1H3,(H,23,24). The number of carboxylic acids is 1. The second kappa shape index (κ2) is 7.58. The summed E-state index contributed by atoms with van der Waals surface area (Å²) < 4.78 is 11.4. The molecule has 5 nitrogen and oxygen atoms in total. The summed E-state index contributed by atoms with van der Waals surface area (Å²) in [5.41, 5.74) is 2.17. The molecule has 3 rings (SSSR count). The van der Waals surface area contributed by atoms with Gasteiger partial charge in [-0.3, -0.25) is 4.79 Å². The van der Waals surface area contributed by atoms with Crippen LogP contribution in [0.1, 0.15) is 29.7 Å². The number of carboxylic acid groups (broad SMARTS) is 1. The summed E-state index contributed by atoms with van der Waals surface area (Å²) in [6.45, 7) is 1.78. The number of hydrogen-bond donors (Lipinski definition) is 2. The van der Waals surface area contributed by atoms with Crippen LogP contribution in [0.15, 0.2) is 41.0 Å². The molecule has 1 atom stereocenters. The Balaban J connectivity index is 1.95. The van der Waals surface area contributed by atoms with E-state index in [0.717, 1.165) is 5.56 Å². The average Bonchev–Trinajstić information content (AvgIpc) is 2.95. The van der Waals surface area contributed by atoms with E-state index in [4.69, 9.17) is 37.5 Å². The van der Waals surface area contributed by atoms with Gasteiger partial charge in [0.15, 0.2) is 0 Å². The van der Waals surface area contributed by atoms with Gasteiger partial charge >= 0.3 is 5.97 Å². The van der Waals surface area contributed by atoms with E-state index in [0.29, 0.717) is 37.9 Å². The summed E-state index contributed by atoms with van der Waals surface area (Å²) in [4.78, 5) is 11.0. The first-order valence-electron chi connectivity index (χ1n) is 7.86. The third-order valence-corrected chi connectivity index (χ3v) is 4.57. The van der Waals surface area contributed by atoms with Crippen LogP contribution in [0.4, 0.5) is 0 Å². The largest absolute Gasteiger partial charge is 0.488 e. The summed E-state index contributed by atoms with van der Waals surface area (Å²) >= 11 is 12.0. The fraction of sp³-hybridized carbons (Fsp3) is 0.211. The highest BCUT2D eigenvalue weighted by Crippen LogP contribution is 2.36. The molecule has 1 heterocycles. The molecular weight excluding hydrogens is 379 g/mol. The maximum absolute atomic E-state index is 11.0. The van der Waals surface area contributed by atoms with Gasteiger partial charge in [-0.2, -0.15) is 0 Å². The zero-order valence-electron chi connectivity index (χ0n) is 13.8. The lowest BCUT2D eigenvalue weighted by Crippen LogP contribution is -2.03. The van der Waals surface area contributed by atoms with E-state index in [-0.39, 0.29) is 13.0 Å². The van der Waals surface area contributed by atoms with Crippen LogP contribution in [0.2, 0.25) is 10.0 Å². The number of aliphatic carboxylic acids is 1. The number of aliphatic hydroxyl groups excluding tert-OH is 1. The summed E-state index contributed by atoms with van der Waals surface area (Å²) in [6.07, 6.45) is 0.371. The van der Waals surface area contributed by atoms with Crippen molar-refractivity contribution in [3.8, 4) is 5.75 Å². The van der Waals surface area contributed by atoms with Crippen LogP contribution in [0.3, 0.4) is 0 Å². The van der Waals surface area contributed by atoms with Crippen molar-refractivity contribution in [3.63, 3.8) is 0 Å². The van der Waals surface area contributed by atoms with Crippen LogP contribution in [0.5, 0.6) is 5.75 Å². The zero-order valence-corrected chi connectivity index (χ0v) is 15.3. The number of fused-ring (bicyclic) bond motifs is 1. The molecule has 26 heavy (non-hydrogen) atoms. The van der Waals surface area contributed by atoms with Crippen molar-refractivity contribution in [3.05, 3.63) is 63.3 Å². The Morgan fingerprint density at radius 1 is 1.23 bits per heavy atom. The van der Waals surface area contributed by atoms with Gasteiger partial charge < -0.3 is 19.4 Å². The number of rotatable bonds is 6. The van der Waals surface area contributed by atoms with Gasteiger partial charge in [0.1, 0.15) is 17.9 Å². The second-order valence-corrected chi connectivity index (χ2v) is 6.73. The van der Waals surface area contributed by atoms with Crippen LogP contribution in [-0.4, -0.2) is 16.2 Å². The SMILES string of the molecule is CC(O)c1c(OCc2ccc(Cl)cc2Cl)ccc2c(CC(=O)O)coc12. The van der Waals surface area contributed by atoms with Gasteiger partial charge in [0.25, 0.3) is 0 Å². The van der Waals surface area contributed by atoms with E-state index < -0.39 is 12.1 Å². The molecule has 3 aromatic rings. The van der Waals surface area contributed by atoms with Gasteiger partial charge in [0, 0.05) is 26.6 Å². The van der Waals surface area contributed by atoms with Crippen LogP contribution < -0.4 is 4.74 Å². The number of hydrogen-bond acceptors (Lipinski definition) is 4. The quantitative estimate of drug-likeness (QED) is 0.614. The molecule has 0 aliphatic carbocycles. The Morgan fingerprint density at radius 2 is 2.00 bits per heavy atom. The summed E-state index contributed by atoms with van der Waals surface area (Å²) in [6, 6.07) is 8.53. The predicted octanol–water partition coefficient (Wildman–Crippen LogP) is 5.00. The van der Waals surface area contributed by atoms with Crippen molar-refractivity contribution in [1.29, 1.82) is 0 Å². The molecule has 0 aliphatic rings. The molecule has 0 saturated carbocycles. The minimum atomic E-state index is -0.955. The molecule has 0 fully saturated rings. The minimum absolute atomic E-state index is 0.160. The Morgan fingerprint density at radius 3 is 2.65 bits per heavy atom. The molecule has 0 bridgehead atoms. The lowest BCUT2D eigenvalue weighted by atomic mass is 10.0. The first-order chi connectivity index (χ1) is 12.4. The van der Waals surface area contributed by atoms with E-state index in [1.54, 1.807) is 37.3 Å². The van der Waals surface area contributed by atoms with Crippen LogP contribution >= 0.6 is 23.2 Å². The first kappa shape index (κ1) is 18.6. The lowest BCUT2D eigenvalue weighted by Gasteiger charge is -2.15. The van der Waals surface area contributed by atoms with Crippen LogP contribution in [0.25, 0.3) is 11.0 Å². The normalized spacial score (nSPS) is 12.3. The van der Waals surface area contributed by atoms with Gasteiger partial charge in [-0.25, -0.2) is 0 Å². The molecule has 136 valence electrons. The highest BCUT2D eigenvalue weighted by atomic mass is 35.5. The van der Waals surface area contributed by atoms with Crippen molar-refractivity contribution >= 4 is 40.1 Å². The number of benzene rings is 2. The van der Waals surface area contributed by atoms with Gasteiger partial charge in [-0.15, -0.1) is 0 Å². The van der Waals surface area contributed by atoms with E-state index >= 15 is 0 Å². The minimum Gasteiger partial charge on any atom is -0.488 e. The fourth-order valence-corrected chi connectivity index (χ4v) is 3.23. The number of furan rings is 1. The molecule has 0 saturated heterocycles. The molecule has 1 aromatic heterocycles. The van der Waals surface area contributed by atoms with E-state index in [9.17, 15) is 9.90 Å². The molecule has 0 radical (unpaired) electrons. The highest BCUT2D eigenvalue weighted by Gasteiger charge is 2.20. The van der Waals surface area contributed by atoms with Gasteiger partial charge in [-0.1, -0.05) is 29.3 Å². The molecule has 7 heteroatoms. The first-order valence-corrected chi connectivity index (χ1v) is 8.62. The van der Waals surface area contributed by atoms with Crippen molar-refractivity contribution in [2.75, 3.05) is 0 Å². The third-order valence-electron chi connectivity index (χ3n) is 3.98. The topological polar surface area (TPSA) is 79.9 Å². The maximum atomic E-state index is 11.0. The average molecular weight is 395 g/mol. The van der Waals surface area contributed by atoms with Gasteiger partial charge in [-0.05, 0) is 31.2 Å². The van der Waals surface area contributed by atoms with Crippen molar-refractivity contribution in [1.82, 2.24) is 0 Å². The monoisotopic (exact) mass is 394 g/mol. The van der Waals surface area contributed by atoms with Crippen molar-refractivity contribution < 1.29 is 24.2 Å². The number of ether oxygens (including phenoxy) is 1. The fourth-order valence-electron chi connectivity index (χ4n) is 2.77. The molecule has 2 aromatic carbocycles. The van der Waals surface area contributed by atoms with Gasteiger partial charge in [0.2, 0.25) is 0 Å². The third kappa shape index (κ3) is 3.80. The molecule has 0 spiro atoms. The smallest absolute Gasteiger partial charge is 0.307 e. The van der Waals surface area contributed by atoms with Crippen LogP contribution in [0, 0.1) is 0 Å². The van der Waals surface area contributed by atoms with E-state index in [2.05, 4.69) is 0 Å². The second-order valence-electron chi connectivity index (χ2n) is 5.89. The molecule has 0 aliphatic heterocycles. The summed E-state index contributed by atoms with van der Waals surface area (Å²) in [5, 5.41) is 20.8. The van der Waals surface area contributed by atoms with Crippen molar-refractivity contribution in [2.45, 2.75) is 26.1 Å². The molecular formula is C19H16Cl2O5. The predicted molar refractivity (Wildman–Crippen MR) is 99.0 cm³/mol. The number of carbonyl (C=O) groups is 1. The van der Waals surface area contributed by atoms with Crippen LogP contribution in [-0.2, 0) is 17.8 Å². The molecule has 2 N–H and O–H groups in total. The molecule has 0 amide bonds. The molecule has 1 unspecified atom stereocenters. The zero-order chi connectivity index (χ0) is 18.8. The Labute approximate surface area is 159 Å².